The van der Waals surface area contributed by atoms with Crippen molar-refractivity contribution in [2.45, 2.75) is 69.9 Å². The van der Waals surface area contributed by atoms with Gasteiger partial charge in [0, 0.05) is 18.0 Å². The van der Waals surface area contributed by atoms with Crippen LogP contribution < -0.4 is 5.32 Å². The molecule has 0 aromatic carbocycles. The van der Waals surface area contributed by atoms with Gasteiger partial charge in [-0.1, -0.05) is 19.3 Å². The van der Waals surface area contributed by atoms with Crippen LogP contribution in [0.5, 0.6) is 0 Å². The number of hydrogen-bond acceptors (Lipinski definition) is 2. The summed E-state index contributed by atoms with van der Waals surface area (Å²) in [5, 5.41) is 2.82. The highest BCUT2D eigenvalue weighted by Gasteiger charge is 2.38. The van der Waals surface area contributed by atoms with Crippen LogP contribution in [-0.2, 0) is 9.59 Å². The van der Waals surface area contributed by atoms with Crippen molar-refractivity contribution in [1.82, 2.24) is 10.2 Å². The topological polar surface area (TPSA) is 49.4 Å². The van der Waals surface area contributed by atoms with E-state index in [4.69, 9.17) is 0 Å². The Morgan fingerprint density at radius 1 is 0.895 bits per heavy atom. The molecule has 0 heterocycles. The van der Waals surface area contributed by atoms with Crippen molar-refractivity contribution >= 4 is 11.8 Å². The molecule has 0 aromatic heterocycles. The summed E-state index contributed by atoms with van der Waals surface area (Å²) in [5.41, 5.74) is 0. The predicted octanol–water partition coefficient (Wildman–Crippen LogP) is 1.84. The van der Waals surface area contributed by atoms with Crippen LogP contribution in [0.25, 0.3) is 0 Å². The summed E-state index contributed by atoms with van der Waals surface area (Å²) in [5.74, 6) is 0.410. The van der Waals surface area contributed by atoms with E-state index in [0.29, 0.717) is 12.1 Å². The van der Waals surface area contributed by atoms with Gasteiger partial charge in [0.2, 0.25) is 11.8 Å². The van der Waals surface area contributed by atoms with Crippen LogP contribution in [0.2, 0.25) is 0 Å². The summed E-state index contributed by atoms with van der Waals surface area (Å²) < 4.78 is 0. The van der Waals surface area contributed by atoms with E-state index >= 15 is 0 Å². The molecule has 3 saturated carbocycles. The molecule has 0 aromatic rings. The lowest BCUT2D eigenvalue weighted by Gasteiger charge is -2.34. The lowest BCUT2D eigenvalue weighted by Crippen LogP contribution is -2.47. The van der Waals surface area contributed by atoms with Crippen molar-refractivity contribution in [1.29, 1.82) is 0 Å². The molecule has 0 spiro atoms. The van der Waals surface area contributed by atoms with Gasteiger partial charge in [0.25, 0.3) is 0 Å². The Morgan fingerprint density at radius 2 is 1.53 bits per heavy atom. The number of nitrogens with zero attached hydrogens (tertiary/aromatic N) is 1. The van der Waals surface area contributed by atoms with Crippen molar-refractivity contribution in [2.75, 3.05) is 6.54 Å². The monoisotopic (exact) mass is 264 g/mol. The number of nitrogens with one attached hydrogen (secondary N) is 1. The van der Waals surface area contributed by atoms with Gasteiger partial charge in [0.05, 0.1) is 6.54 Å². The van der Waals surface area contributed by atoms with Gasteiger partial charge < -0.3 is 10.2 Å². The SMILES string of the molecule is O=C(NCC(=O)N(C1CCCCC1)C1CC1)C1CC1. The fourth-order valence-electron chi connectivity index (χ4n) is 3.16. The minimum atomic E-state index is 0.0766. The zero-order valence-corrected chi connectivity index (χ0v) is 11.6. The molecule has 1 N–H and O–H groups in total. The minimum absolute atomic E-state index is 0.0766. The third-order valence-electron chi connectivity index (χ3n) is 4.56. The summed E-state index contributed by atoms with van der Waals surface area (Å²) in [7, 11) is 0. The van der Waals surface area contributed by atoms with Crippen molar-refractivity contribution in [3.63, 3.8) is 0 Å². The highest BCUT2D eigenvalue weighted by atomic mass is 16.2. The summed E-state index contributed by atoms with van der Waals surface area (Å²) in [6.45, 7) is 0.211. The second kappa shape index (κ2) is 5.51. The maximum atomic E-state index is 12.4. The number of carbonyl (C=O) groups excluding carboxylic acids is 2. The fourth-order valence-corrected chi connectivity index (χ4v) is 3.16. The zero-order chi connectivity index (χ0) is 13.2. The molecule has 0 bridgehead atoms. The molecule has 0 aliphatic heterocycles. The van der Waals surface area contributed by atoms with Gasteiger partial charge in [-0.3, -0.25) is 9.59 Å². The van der Waals surface area contributed by atoms with Crippen LogP contribution in [0.15, 0.2) is 0 Å². The average Bonchev–Trinajstić information content (AvgIpc) is 3.29. The van der Waals surface area contributed by atoms with Crippen molar-refractivity contribution < 1.29 is 9.59 Å². The van der Waals surface area contributed by atoms with E-state index in [0.717, 1.165) is 38.5 Å². The Morgan fingerprint density at radius 3 is 2.11 bits per heavy atom. The van der Waals surface area contributed by atoms with E-state index in [1.54, 1.807) is 0 Å². The van der Waals surface area contributed by atoms with Gasteiger partial charge in [0.15, 0.2) is 0 Å². The van der Waals surface area contributed by atoms with Crippen molar-refractivity contribution in [2.24, 2.45) is 5.92 Å². The molecule has 0 saturated heterocycles. The molecule has 3 aliphatic rings. The van der Waals surface area contributed by atoms with Crippen LogP contribution in [0.1, 0.15) is 57.8 Å². The van der Waals surface area contributed by atoms with Crippen LogP contribution >= 0.6 is 0 Å². The first-order valence-corrected chi connectivity index (χ1v) is 7.84. The molecule has 19 heavy (non-hydrogen) atoms. The summed E-state index contributed by atoms with van der Waals surface area (Å²) >= 11 is 0. The van der Waals surface area contributed by atoms with Gasteiger partial charge in [-0.25, -0.2) is 0 Å². The van der Waals surface area contributed by atoms with E-state index < -0.39 is 0 Å². The number of hydrogen-bond donors (Lipinski definition) is 1. The van der Waals surface area contributed by atoms with Crippen molar-refractivity contribution in [3.8, 4) is 0 Å². The first-order valence-electron chi connectivity index (χ1n) is 7.84. The quantitative estimate of drug-likeness (QED) is 0.823. The molecular weight excluding hydrogens is 240 g/mol. The van der Waals surface area contributed by atoms with E-state index in [1.807, 2.05) is 0 Å². The summed E-state index contributed by atoms with van der Waals surface area (Å²) in [6.07, 6.45) is 10.4. The van der Waals surface area contributed by atoms with Gasteiger partial charge in [-0.15, -0.1) is 0 Å². The molecule has 4 nitrogen and oxygen atoms in total. The fraction of sp³-hybridized carbons (Fsp3) is 0.867. The third-order valence-corrected chi connectivity index (χ3v) is 4.56. The Hall–Kier alpha value is -1.06. The van der Waals surface area contributed by atoms with Gasteiger partial charge >= 0.3 is 0 Å². The zero-order valence-electron chi connectivity index (χ0n) is 11.6. The molecule has 106 valence electrons. The molecule has 4 heteroatoms. The Bertz CT molecular complexity index is 355. The molecule has 2 amide bonds. The van der Waals surface area contributed by atoms with E-state index in [9.17, 15) is 9.59 Å². The number of rotatable bonds is 5. The number of carbonyl (C=O) groups is 2. The average molecular weight is 264 g/mol. The third kappa shape index (κ3) is 3.28. The Kier molecular flexibility index (Phi) is 3.76. The lowest BCUT2D eigenvalue weighted by molar-refractivity contribution is -0.136. The predicted molar refractivity (Wildman–Crippen MR) is 72.5 cm³/mol. The van der Waals surface area contributed by atoms with E-state index in [1.165, 1.54) is 19.3 Å². The van der Waals surface area contributed by atoms with Gasteiger partial charge in [0.1, 0.15) is 0 Å². The van der Waals surface area contributed by atoms with E-state index in [-0.39, 0.29) is 24.3 Å². The minimum Gasteiger partial charge on any atom is -0.347 e. The van der Waals surface area contributed by atoms with Gasteiger partial charge in [-0.2, -0.15) is 0 Å². The second-order valence-electron chi connectivity index (χ2n) is 6.32. The molecule has 0 atom stereocenters. The standard InChI is InChI=1S/C15H24N2O2/c18-14(10-16-15(19)11-6-7-11)17(13-8-9-13)12-4-2-1-3-5-12/h11-13H,1-10H2,(H,16,19). The van der Waals surface area contributed by atoms with E-state index in [2.05, 4.69) is 10.2 Å². The Balaban J connectivity index is 1.53. The first kappa shape index (κ1) is 12.9. The molecule has 3 fully saturated rings. The lowest BCUT2D eigenvalue weighted by atomic mass is 9.94. The summed E-state index contributed by atoms with van der Waals surface area (Å²) in [4.78, 5) is 26.1. The van der Waals surface area contributed by atoms with Crippen LogP contribution in [0, 0.1) is 5.92 Å². The van der Waals surface area contributed by atoms with Crippen molar-refractivity contribution in [3.05, 3.63) is 0 Å². The van der Waals surface area contributed by atoms with Crippen LogP contribution in [0.4, 0.5) is 0 Å². The van der Waals surface area contributed by atoms with Gasteiger partial charge in [-0.05, 0) is 38.5 Å². The normalized spacial score (nSPS) is 24.0. The molecule has 0 radical (unpaired) electrons. The second-order valence-corrected chi connectivity index (χ2v) is 6.32. The first-order chi connectivity index (χ1) is 9.25. The highest BCUT2D eigenvalue weighted by molar-refractivity contribution is 5.87. The highest BCUT2D eigenvalue weighted by Crippen LogP contribution is 2.34. The molecule has 3 aliphatic carbocycles. The molecule has 3 rings (SSSR count). The molecular formula is C15H24N2O2. The maximum absolute atomic E-state index is 12.4. The summed E-state index contributed by atoms with van der Waals surface area (Å²) in [6, 6.07) is 0.903. The number of amides is 2. The van der Waals surface area contributed by atoms with Crippen LogP contribution in [-0.4, -0.2) is 35.3 Å². The smallest absolute Gasteiger partial charge is 0.242 e. The molecule has 0 unspecified atom stereocenters. The Labute approximate surface area is 114 Å². The van der Waals surface area contributed by atoms with Crippen LogP contribution in [0.3, 0.4) is 0 Å². The largest absolute Gasteiger partial charge is 0.347 e. The maximum Gasteiger partial charge on any atom is 0.242 e.